The molecule has 0 bridgehead atoms. The van der Waals surface area contributed by atoms with E-state index in [1.54, 1.807) is 0 Å². The van der Waals surface area contributed by atoms with Crippen molar-refractivity contribution in [2.24, 2.45) is 11.8 Å². The van der Waals surface area contributed by atoms with E-state index >= 15 is 0 Å². The van der Waals surface area contributed by atoms with E-state index in [1.165, 1.54) is 71.0 Å². The van der Waals surface area contributed by atoms with E-state index in [4.69, 9.17) is 0 Å². The second-order valence-electron chi connectivity index (χ2n) is 7.21. The average molecular weight is 281 g/mol. The van der Waals surface area contributed by atoms with Crippen molar-refractivity contribution in [3.63, 3.8) is 0 Å². The second-order valence-corrected chi connectivity index (χ2v) is 7.21. The van der Waals surface area contributed by atoms with Crippen LogP contribution in [0.4, 0.5) is 0 Å². The summed E-state index contributed by atoms with van der Waals surface area (Å²) in [5.74, 6) is 1.83. The maximum atomic E-state index is 3.84. The molecule has 2 aliphatic rings. The Morgan fingerprint density at radius 2 is 1.85 bits per heavy atom. The average Bonchev–Trinajstić information content (AvgIpc) is 3.30. The summed E-state index contributed by atoms with van der Waals surface area (Å²) >= 11 is 0. The first-order valence-electron chi connectivity index (χ1n) is 9.23. The minimum Gasteiger partial charge on any atom is -0.311 e. The Morgan fingerprint density at radius 3 is 2.50 bits per heavy atom. The number of unbranched alkanes of at least 4 members (excludes halogenated alkanes) is 4. The minimum absolute atomic E-state index is 0.727. The van der Waals surface area contributed by atoms with Gasteiger partial charge >= 0.3 is 0 Å². The van der Waals surface area contributed by atoms with Gasteiger partial charge in [-0.3, -0.25) is 4.90 Å². The predicted molar refractivity (Wildman–Crippen MR) is 88.1 cm³/mol. The Balaban J connectivity index is 1.77. The molecule has 0 spiro atoms. The third-order valence-electron chi connectivity index (χ3n) is 5.54. The van der Waals surface area contributed by atoms with E-state index < -0.39 is 0 Å². The second kappa shape index (κ2) is 8.38. The molecular formula is C18H36N2. The van der Waals surface area contributed by atoms with Crippen LogP contribution in [0, 0.1) is 11.8 Å². The molecule has 1 aliphatic carbocycles. The summed E-state index contributed by atoms with van der Waals surface area (Å²) in [5, 5.41) is 3.84. The Labute approximate surface area is 126 Å². The molecule has 1 aliphatic heterocycles. The fourth-order valence-electron chi connectivity index (χ4n) is 3.64. The van der Waals surface area contributed by atoms with Gasteiger partial charge in [-0.25, -0.2) is 0 Å². The fourth-order valence-corrected chi connectivity index (χ4v) is 3.64. The van der Waals surface area contributed by atoms with Crippen molar-refractivity contribution in [1.82, 2.24) is 10.2 Å². The first-order chi connectivity index (χ1) is 9.76. The molecule has 3 atom stereocenters. The van der Waals surface area contributed by atoms with Crippen molar-refractivity contribution < 1.29 is 0 Å². The Kier molecular flexibility index (Phi) is 6.83. The molecule has 118 valence electrons. The van der Waals surface area contributed by atoms with Crippen molar-refractivity contribution in [1.29, 1.82) is 0 Å². The maximum absolute atomic E-state index is 3.84. The van der Waals surface area contributed by atoms with E-state index in [9.17, 15) is 0 Å². The van der Waals surface area contributed by atoms with Gasteiger partial charge < -0.3 is 5.32 Å². The van der Waals surface area contributed by atoms with Crippen LogP contribution >= 0.6 is 0 Å². The number of hydrogen-bond acceptors (Lipinski definition) is 2. The largest absolute Gasteiger partial charge is 0.311 e. The molecular weight excluding hydrogens is 244 g/mol. The Morgan fingerprint density at radius 1 is 1.10 bits per heavy atom. The molecule has 1 saturated carbocycles. The maximum Gasteiger partial charge on any atom is 0.0249 e. The van der Waals surface area contributed by atoms with Crippen LogP contribution in [-0.2, 0) is 0 Å². The fraction of sp³-hybridized carbons (Fsp3) is 1.00. The van der Waals surface area contributed by atoms with Crippen LogP contribution in [0.15, 0.2) is 0 Å². The highest BCUT2D eigenvalue weighted by molar-refractivity contribution is 4.95. The monoisotopic (exact) mass is 280 g/mol. The molecule has 0 amide bonds. The van der Waals surface area contributed by atoms with Gasteiger partial charge in [-0.1, -0.05) is 52.9 Å². The zero-order valence-electron chi connectivity index (χ0n) is 14.0. The first-order valence-corrected chi connectivity index (χ1v) is 9.23. The molecule has 2 rings (SSSR count). The molecule has 0 aromatic carbocycles. The number of nitrogens with one attached hydrogen (secondary N) is 1. The topological polar surface area (TPSA) is 15.3 Å². The summed E-state index contributed by atoms with van der Waals surface area (Å²) in [5.41, 5.74) is 0. The van der Waals surface area contributed by atoms with Gasteiger partial charge in [0.1, 0.15) is 0 Å². The van der Waals surface area contributed by atoms with Crippen molar-refractivity contribution in [3.05, 3.63) is 0 Å². The highest BCUT2D eigenvalue weighted by atomic mass is 15.2. The smallest absolute Gasteiger partial charge is 0.0249 e. The summed E-state index contributed by atoms with van der Waals surface area (Å²) in [6, 6.07) is 1.58. The lowest BCUT2D eigenvalue weighted by molar-refractivity contribution is 0.0940. The van der Waals surface area contributed by atoms with E-state index in [2.05, 4.69) is 31.0 Å². The van der Waals surface area contributed by atoms with Gasteiger partial charge in [-0.2, -0.15) is 0 Å². The lowest BCUT2D eigenvalue weighted by atomic mass is 9.94. The SMILES string of the molecule is CCCCCCCN1CC(C(C)CC)NCC1C1CC1. The molecule has 0 radical (unpaired) electrons. The lowest BCUT2D eigenvalue weighted by Gasteiger charge is -2.42. The van der Waals surface area contributed by atoms with Crippen LogP contribution in [0.5, 0.6) is 0 Å². The molecule has 2 fully saturated rings. The van der Waals surface area contributed by atoms with Crippen LogP contribution in [0.1, 0.15) is 72.1 Å². The van der Waals surface area contributed by atoms with Crippen LogP contribution in [0.25, 0.3) is 0 Å². The Hall–Kier alpha value is -0.0800. The van der Waals surface area contributed by atoms with Crippen molar-refractivity contribution in [3.8, 4) is 0 Å². The van der Waals surface area contributed by atoms with Crippen LogP contribution in [0.2, 0.25) is 0 Å². The van der Waals surface area contributed by atoms with E-state index in [1.807, 2.05) is 0 Å². The predicted octanol–water partition coefficient (Wildman–Crippen LogP) is 4.06. The van der Waals surface area contributed by atoms with Crippen LogP contribution in [-0.4, -0.2) is 36.6 Å². The number of rotatable bonds is 9. The summed E-state index contributed by atoms with van der Waals surface area (Å²) < 4.78 is 0. The van der Waals surface area contributed by atoms with Crippen LogP contribution < -0.4 is 5.32 Å². The molecule has 2 nitrogen and oxygen atoms in total. The highest BCUT2D eigenvalue weighted by Gasteiger charge is 2.39. The third-order valence-corrected chi connectivity index (χ3v) is 5.54. The summed E-state index contributed by atoms with van der Waals surface area (Å²) in [6.07, 6.45) is 11.3. The quantitative estimate of drug-likeness (QED) is 0.641. The van der Waals surface area contributed by atoms with Gasteiger partial charge in [0, 0.05) is 25.2 Å². The number of nitrogens with zero attached hydrogens (tertiary/aromatic N) is 1. The molecule has 1 N–H and O–H groups in total. The molecule has 2 heteroatoms. The standard InChI is InChI=1S/C18H36N2/c1-4-6-7-8-9-12-20-14-17(15(3)5-2)19-13-18(20)16-10-11-16/h15-19H,4-14H2,1-3H3. The van der Waals surface area contributed by atoms with Gasteiger partial charge in [-0.15, -0.1) is 0 Å². The minimum atomic E-state index is 0.727. The van der Waals surface area contributed by atoms with Gasteiger partial charge in [0.25, 0.3) is 0 Å². The molecule has 3 unspecified atom stereocenters. The van der Waals surface area contributed by atoms with Crippen LogP contribution in [0.3, 0.4) is 0 Å². The summed E-state index contributed by atoms with van der Waals surface area (Å²) in [4.78, 5) is 2.84. The lowest BCUT2D eigenvalue weighted by Crippen LogP contribution is -2.59. The Bertz CT molecular complexity index is 262. The summed E-state index contributed by atoms with van der Waals surface area (Å²) in [7, 11) is 0. The van der Waals surface area contributed by atoms with Gasteiger partial charge in [0.15, 0.2) is 0 Å². The van der Waals surface area contributed by atoms with E-state index in [0.717, 1.165) is 23.9 Å². The normalized spacial score (nSPS) is 29.6. The summed E-state index contributed by atoms with van der Waals surface area (Å²) in [6.45, 7) is 10.9. The van der Waals surface area contributed by atoms with Gasteiger partial charge in [-0.05, 0) is 37.6 Å². The van der Waals surface area contributed by atoms with Gasteiger partial charge in [0.2, 0.25) is 0 Å². The highest BCUT2D eigenvalue weighted by Crippen LogP contribution is 2.36. The molecule has 0 aromatic rings. The molecule has 20 heavy (non-hydrogen) atoms. The number of hydrogen-bond donors (Lipinski definition) is 1. The van der Waals surface area contributed by atoms with Gasteiger partial charge in [0.05, 0.1) is 0 Å². The number of piperazine rings is 1. The molecule has 0 aromatic heterocycles. The van der Waals surface area contributed by atoms with E-state index in [-0.39, 0.29) is 0 Å². The zero-order valence-corrected chi connectivity index (χ0v) is 14.0. The van der Waals surface area contributed by atoms with Crippen molar-refractivity contribution in [2.75, 3.05) is 19.6 Å². The third kappa shape index (κ3) is 4.73. The first kappa shape index (κ1) is 16.3. The molecule has 1 saturated heterocycles. The van der Waals surface area contributed by atoms with E-state index in [0.29, 0.717) is 0 Å². The van der Waals surface area contributed by atoms with Crippen molar-refractivity contribution in [2.45, 2.75) is 84.2 Å². The van der Waals surface area contributed by atoms with Crippen molar-refractivity contribution >= 4 is 0 Å². The molecule has 1 heterocycles. The zero-order chi connectivity index (χ0) is 14.4.